The zero-order chi connectivity index (χ0) is 19.4. The normalized spacial score (nSPS) is 11.7. The first-order valence-corrected chi connectivity index (χ1v) is 9.66. The highest BCUT2D eigenvalue weighted by molar-refractivity contribution is 7.13. The molecular formula is C21H19ClN2O2S. The van der Waals surface area contributed by atoms with Gasteiger partial charge in [0.15, 0.2) is 0 Å². The lowest BCUT2D eigenvalue weighted by molar-refractivity contribution is 0.0519. The molecule has 0 N–H and O–H groups in total. The Labute approximate surface area is 167 Å². The third-order valence-electron chi connectivity index (χ3n) is 3.86. The molecule has 0 saturated carbocycles. The number of carbonyl (C=O) groups is 1. The Balaban J connectivity index is 1.65. The second-order valence-corrected chi connectivity index (χ2v) is 8.27. The molecule has 27 heavy (non-hydrogen) atoms. The van der Waals surface area contributed by atoms with Gasteiger partial charge in [0, 0.05) is 16.4 Å². The molecule has 3 rings (SSSR count). The van der Waals surface area contributed by atoms with Gasteiger partial charge in [0.2, 0.25) is 0 Å². The van der Waals surface area contributed by atoms with Crippen LogP contribution >= 0.6 is 22.9 Å². The van der Waals surface area contributed by atoms with Crippen molar-refractivity contribution in [2.45, 2.75) is 26.2 Å². The molecule has 1 heterocycles. The summed E-state index contributed by atoms with van der Waals surface area (Å²) in [5.74, 6) is -0.592. The lowest BCUT2D eigenvalue weighted by atomic mass is 9.93. The Bertz CT molecular complexity index is 972. The van der Waals surface area contributed by atoms with Crippen molar-refractivity contribution in [2.75, 3.05) is 0 Å². The minimum absolute atomic E-state index is 0.0346. The summed E-state index contributed by atoms with van der Waals surface area (Å²) >= 11 is 7.59. The molecular weight excluding hydrogens is 380 g/mol. The van der Waals surface area contributed by atoms with Crippen LogP contribution in [0, 0.1) is 0 Å². The van der Waals surface area contributed by atoms with Gasteiger partial charge < -0.3 is 4.84 Å². The number of oxime groups is 1. The third kappa shape index (κ3) is 4.81. The van der Waals surface area contributed by atoms with Gasteiger partial charge in [0.05, 0.1) is 22.5 Å². The van der Waals surface area contributed by atoms with Crippen LogP contribution < -0.4 is 0 Å². The predicted octanol–water partition coefficient (Wildman–Crippen LogP) is 5.95. The van der Waals surface area contributed by atoms with Gasteiger partial charge in [-0.15, -0.1) is 11.3 Å². The second kappa shape index (κ2) is 8.03. The van der Waals surface area contributed by atoms with Crippen LogP contribution in [-0.4, -0.2) is 17.2 Å². The first-order valence-electron chi connectivity index (χ1n) is 8.40. The molecule has 0 aliphatic rings. The van der Waals surface area contributed by atoms with Crippen LogP contribution in [-0.2, 0) is 10.3 Å². The van der Waals surface area contributed by atoms with Gasteiger partial charge in [-0.1, -0.05) is 73.9 Å². The van der Waals surface area contributed by atoms with E-state index in [1.165, 1.54) is 6.21 Å². The predicted molar refractivity (Wildman–Crippen MR) is 111 cm³/mol. The fourth-order valence-corrected chi connectivity index (χ4v) is 3.54. The summed E-state index contributed by atoms with van der Waals surface area (Å²) in [6.07, 6.45) is 1.49. The molecule has 0 atom stereocenters. The molecule has 0 amide bonds. The van der Waals surface area contributed by atoms with Gasteiger partial charge >= 0.3 is 5.97 Å². The standard InChI is InChI=1S/C21H19ClN2O2S/c1-21(2,3)18-13-27-19(24-18)15-10-8-14(9-11-15)12-23-26-20(25)16-6-4-5-7-17(16)22/h4-13H,1-3H3. The minimum Gasteiger partial charge on any atom is -0.313 e. The Morgan fingerprint density at radius 1 is 1.15 bits per heavy atom. The molecule has 2 aromatic carbocycles. The Morgan fingerprint density at radius 2 is 1.85 bits per heavy atom. The van der Waals surface area contributed by atoms with Crippen molar-refractivity contribution in [1.82, 2.24) is 4.98 Å². The highest BCUT2D eigenvalue weighted by atomic mass is 35.5. The molecule has 0 spiro atoms. The lowest BCUT2D eigenvalue weighted by Crippen LogP contribution is -2.11. The van der Waals surface area contributed by atoms with Crippen molar-refractivity contribution in [3.05, 3.63) is 75.8 Å². The maximum atomic E-state index is 12.0. The third-order valence-corrected chi connectivity index (χ3v) is 5.08. The van der Waals surface area contributed by atoms with Crippen LogP contribution in [0.15, 0.2) is 59.1 Å². The van der Waals surface area contributed by atoms with E-state index in [1.807, 2.05) is 24.3 Å². The van der Waals surface area contributed by atoms with Gasteiger partial charge in [-0.05, 0) is 17.7 Å². The molecule has 0 fully saturated rings. The smallest absolute Gasteiger partial charge is 0.313 e. The number of hydrogen-bond acceptors (Lipinski definition) is 5. The Kier molecular flexibility index (Phi) is 5.73. The SMILES string of the molecule is CC(C)(C)c1csc(-c2ccc(C=NOC(=O)c3ccccc3Cl)cc2)n1. The van der Waals surface area contributed by atoms with Crippen molar-refractivity contribution in [2.24, 2.45) is 5.16 Å². The summed E-state index contributed by atoms with van der Waals surface area (Å²) in [6.45, 7) is 6.44. The van der Waals surface area contributed by atoms with E-state index < -0.39 is 5.97 Å². The number of benzene rings is 2. The van der Waals surface area contributed by atoms with Gasteiger partial charge in [-0.2, -0.15) is 0 Å². The van der Waals surface area contributed by atoms with Crippen LogP contribution in [0.25, 0.3) is 10.6 Å². The summed E-state index contributed by atoms with van der Waals surface area (Å²) in [4.78, 5) is 21.6. The van der Waals surface area contributed by atoms with Crippen LogP contribution in [0.3, 0.4) is 0 Å². The second-order valence-electron chi connectivity index (χ2n) is 7.00. The molecule has 6 heteroatoms. The maximum absolute atomic E-state index is 12.0. The van der Waals surface area contributed by atoms with Crippen molar-refractivity contribution in [3.8, 4) is 10.6 Å². The number of thiazole rings is 1. The topological polar surface area (TPSA) is 51.5 Å². The molecule has 0 aliphatic heterocycles. The number of carbonyl (C=O) groups excluding carboxylic acids is 1. The number of aromatic nitrogens is 1. The summed E-state index contributed by atoms with van der Waals surface area (Å²) in [7, 11) is 0. The van der Waals surface area contributed by atoms with Crippen molar-refractivity contribution >= 4 is 35.1 Å². The van der Waals surface area contributed by atoms with E-state index in [-0.39, 0.29) is 11.0 Å². The molecule has 0 saturated heterocycles. The van der Waals surface area contributed by atoms with Gasteiger partial charge in [-0.3, -0.25) is 0 Å². The Morgan fingerprint density at radius 3 is 2.48 bits per heavy atom. The van der Waals surface area contributed by atoms with Gasteiger partial charge in [0.25, 0.3) is 0 Å². The zero-order valence-electron chi connectivity index (χ0n) is 15.3. The van der Waals surface area contributed by atoms with E-state index in [1.54, 1.807) is 35.6 Å². The van der Waals surface area contributed by atoms with Crippen molar-refractivity contribution < 1.29 is 9.63 Å². The molecule has 0 unspecified atom stereocenters. The monoisotopic (exact) mass is 398 g/mol. The average Bonchev–Trinajstić information content (AvgIpc) is 3.13. The van der Waals surface area contributed by atoms with E-state index >= 15 is 0 Å². The first-order chi connectivity index (χ1) is 12.8. The molecule has 0 radical (unpaired) electrons. The molecule has 0 bridgehead atoms. The number of rotatable bonds is 4. The van der Waals surface area contributed by atoms with E-state index in [0.717, 1.165) is 21.8 Å². The maximum Gasteiger partial charge on any atom is 0.367 e. The first kappa shape index (κ1) is 19.3. The minimum atomic E-state index is -0.592. The molecule has 3 aromatic rings. The Hall–Kier alpha value is -2.50. The molecule has 1 aromatic heterocycles. The van der Waals surface area contributed by atoms with Gasteiger partial charge in [0.1, 0.15) is 5.01 Å². The number of hydrogen-bond donors (Lipinski definition) is 0. The summed E-state index contributed by atoms with van der Waals surface area (Å²) in [5.41, 5.74) is 3.26. The molecule has 138 valence electrons. The van der Waals surface area contributed by atoms with Crippen LogP contribution in [0.2, 0.25) is 5.02 Å². The van der Waals surface area contributed by atoms with Crippen LogP contribution in [0.5, 0.6) is 0 Å². The summed E-state index contributed by atoms with van der Waals surface area (Å²) < 4.78 is 0. The lowest BCUT2D eigenvalue weighted by Gasteiger charge is -2.14. The average molecular weight is 399 g/mol. The van der Waals surface area contributed by atoms with E-state index in [4.69, 9.17) is 21.4 Å². The quantitative estimate of drug-likeness (QED) is 0.310. The highest BCUT2D eigenvalue weighted by Crippen LogP contribution is 2.29. The van der Waals surface area contributed by atoms with Crippen molar-refractivity contribution in [1.29, 1.82) is 0 Å². The number of halogens is 1. The van der Waals surface area contributed by atoms with E-state index in [9.17, 15) is 4.79 Å². The molecule has 4 nitrogen and oxygen atoms in total. The van der Waals surface area contributed by atoms with Crippen molar-refractivity contribution in [3.63, 3.8) is 0 Å². The van der Waals surface area contributed by atoms with E-state index in [2.05, 4.69) is 31.3 Å². The zero-order valence-corrected chi connectivity index (χ0v) is 16.8. The highest BCUT2D eigenvalue weighted by Gasteiger charge is 2.17. The fraction of sp³-hybridized carbons (Fsp3) is 0.190. The van der Waals surface area contributed by atoms with Gasteiger partial charge in [-0.25, -0.2) is 9.78 Å². The summed E-state index contributed by atoms with van der Waals surface area (Å²) in [6, 6.07) is 14.4. The largest absolute Gasteiger partial charge is 0.367 e. The molecule has 0 aliphatic carbocycles. The number of nitrogens with zero attached hydrogens (tertiary/aromatic N) is 2. The fourth-order valence-electron chi connectivity index (χ4n) is 2.27. The van der Waals surface area contributed by atoms with Crippen LogP contribution in [0.4, 0.5) is 0 Å². The van der Waals surface area contributed by atoms with E-state index in [0.29, 0.717) is 5.02 Å². The summed E-state index contributed by atoms with van der Waals surface area (Å²) in [5, 5.41) is 7.16. The van der Waals surface area contributed by atoms with Crippen LogP contribution in [0.1, 0.15) is 42.4 Å².